The Morgan fingerprint density at radius 2 is 1.94 bits per heavy atom. The molecule has 0 radical (unpaired) electrons. The van der Waals surface area contributed by atoms with Gasteiger partial charge >= 0.3 is 6.18 Å². The Morgan fingerprint density at radius 3 is 2.54 bits per heavy atom. The summed E-state index contributed by atoms with van der Waals surface area (Å²) in [6, 6.07) is 9.88. The van der Waals surface area contributed by atoms with Gasteiger partial charge in [-0.15, -0.1) is 0 Å². The molecule has 35 heavy (non-hydrogen) atoms. The molecule has 186 valence electrons. The molecule has 2 aromatic heterocycles. The number of alkyl halides is 3. The van der Waals surface area contributed by atoms with Gasteiger partial charge < -0.3 is 15.0 Å². The summed E-state index contributed by atoms with van der Waals surface area (Å²) in [5.74, 6) is 0.746. The minimum absolute atomic E-state index is 0.0918. The first kappa shape index (κ1) is 26.2. The number of aromatic nitrogens is 3. The molecule has 1 saturated heterocycles. The van der Waals surface area contributed by atoms with Crippen molar-refractivity contribution in [1.29, 1.82) is 0 Å². The van der Waals surface area contributed by atoms with E-state index < -0.39 is 11.9 Å². The molecule has 0 aliphatic carbocycles. The number of carbonyl (C=O) groups excluding carboxylic acids is 1. The van der Waals surface area contributed by atoms with Crippen molar-refractivity contribution >= 4 is 17.8 Å². The van der Waals surface area contributed by atoms with Crippen LogP contribution in [0.5, 0.6) is 0 Å². The number of hydrogen-bond acceptors (Lipinski definition) is 6. The van der Waals surface area contributed by atoms with Crippen molar-refractivity contribution in [3.05, 3.63) is 66.0 Å². The molecule has 0 saturated carbocycles. The third kappa shape index (κ3) is 7.54. The lowest BCUT2D eigenvalue weighted by Gasteiger charge is -2.29. The summed E-state index contributed by atoms with van der Waals surface area (Å²) in [6.45, 7) is 3.59. The molecule has 3 heterocycles. The van der Waals surface area contributed by atoms with Gasteiger partial charge in [-0.05, 0) is 56.8 Å². The highest BCUT2D eigenvalue weighted by molar-refractivity contribution is 5.65. The van der Waals surface area contributed by atoms with Gasteiger partial charge in [0.25, 0.3) is 0 Å². The van der Waals surface area contributed by atoms with Crippen LogP contribution in [-0.4, -0.2) is 46.3 Å². The fourth-order valence-corrected chi connectivity index (χ4v) is 3.66. The average molecular weight is 490 g/mol. The Morgan fingerprint density at radius 1 is 1.17 bits per heavy atom. The fraction of sp³-hybridized carbons (Fsp3) is 0.360. The first-order valence-electron chi connectivity index (χ1n) is 11.3. The lowest BCUT2D eigenvalue weighted by atomic mass is 9.97. The number of likely N-dealkylation sites (tertiary alicyclic amines) is 1. The van der Waals surface area contributed by atoms with Crippen molar-refractivity contribution in [3.63, 3.8) is 0 Å². The van der Waals surface area contributed by atoms with Gasteiger partial charge in [0.05, 0.1) is 5.69 Å². The lowest BCUT2D eigenvalue weighted by molar-refractivity contribution is -0.141. The number of hydrogen-bond donors (Lipinski definition) is 1. The van der Waals surface area contributed by atoms with Crippen molar-refractivity contribution in [3.8, 4) is 11.3 Å². The van der Waals surface area contributed by atoms with E-state index in [0.29, 0.717) is 35.0 Å². The van der Waals surface area contributed by atoms with Crippen molar-refractivity contribution in [1.82, 2.24) is 19.9 Å². The van der Waals surface area contributed by atoms with E-state index in [4.69, 9.17) is 0 Å². The molecular formula is C25H27F4N5O. The molecule has 6 nitrogen and oxygen atoms in total. The summed E-state index contributed by atoms with van der Waals surface area (Å²) >= 11 is 0. The van der Waals surface area contributed by atoms with Crippen LogP contribution >= 0.6 is 0 Å². The van der Waals surface area contributed by atoms with E-state index in [9.17, 15) is 22.4 Å². The van der Waals surface area contributed by atoms with Gasteiger partial charge in [-0.1, -0.05) is 13.0 Å². The van der Waals surface area contributed by atoms with Crippen LogP contribution in [0.15, 0.2) is 48.7 Å². The molecule has 0 amide bonds. The topological polar surface area (TPSA) is 71.0 Å². The highest BCUT2D eigenvalue weighted by Gasteiger charge is 2.32. The Kier molecular flexibility index (Phi) is 8.86. The molecule has 1 unspecified atom stereocenters. The van der Waals surface area contributed by atoms with Crippen LogP contribution in [0.4, 0.5) is 29.1 Å². The van der Waals surface area contributed by atoms with Crippen molar-refractivity contribution in [2.75, 3.05) is 25.5 Å². The van der Waals surface area contributed by atoms with Crippen LogP contribution in [0.3, 0.4) is 0 Å². The van der Waals surface area contributed by atoms with Crippen LogP contribution in [-0.2, 0) is 11.0 Å². The molecule has 1 aliphatic rings. The van der Waals surface area contributed by atoms with E-state index in [2.05, 4.69) is 25.2 Å². The second-order valence-corrected chi connectivity index (χ2v) is 8.24. The fourth-order valence-electron chi connectivity index (χ4n) is 3.66. The molecule has 3 aromatic rings. The molecule has 0 bridgehead atoms. The predicted molar refractivity (Wildman–Crippen MR) is 126 cm³/mol. The van der Waals surface area contributed by atoms with E-state index >= 15 is 0 Å². The van der Waals surface area contributed by atoms with Crippen LogP contribution in [0.1, 0.15) is 43.6 Å². The zero-order chi connectivity index (χ0) is 25.4. The van der Waals surface area contributed by atoms with Crippen LogP contribution < -0.4 is 5.32 Å². The quantitative estimate of drug-likeness (QED) is 0.358. The summed E-state index contributed by atoms with van der Waals surface area (Å²) in [7, 11) is 2.03. The Hall–Kier alpha value is -3.40. The number of pyridine rings is 1. The molecule has 1 fully saturated rings. The minimum Gasteiger partial charge on any atom is -0.340 e. The van der Waals surface area contributed by atoms with Crippen LogP contribution in [0, 0.1) is 5.82 Å². The monoisotopic (exact) mass is 489 g/mol. The highest BCUT2D eigenvalue weighted by atomic mass is 19.4. The standard InChI is InChI=1S/C22H21F4N5.C3H6O/c1-31-9-3-4-15(13-31)21-29-18(14-7-8-19(27-12-14)22(24,25)26)11-20(30-21)28-17-6-2-5-16(23)10-17;1-2-3-4/h2,5-8,10-12,15H,3-4,9,13H2,1H3,(H,28,29,30);3H,2H2,1H3. The number of rotatable bonds is 5. The maximum Gasteiger partial charge on any atom is 0.433 e. The third-order valence-electron chi connectivity index (χ3n) is 5.35. The van der Waals surface area contributed by atoms with Crippen LogP contribution in [0.2, 0.25) is 0 Å². The first-order valence-corrected chi connectivity index (χ1v) is 11.3. The van der Waals surface area contributed by atoms with E-state index in [1.165, 1.54) is 18.2 Å². The zero-order valence-corrected chi connectivity index (χ0v) is 19.5. The van der Waals surface area contributed by atoms with Gasteiger partial charge in [-0.3, -0.25) is 4.98 Å². The second kappa shape index (κ2) is 11.8. The summed E-state index contributed by atoms with van der Waals surface area (Å²) in [4.78, 5) is 24.2. The van der Waals surface area contributed by atoms with Gasteiger partial charge in [0.2, 0.25) is 0 Å². The Bertz CT molecular complexity index is 1120. The number of piperidine rings is 1. The molecule has 1 aliphatic heterocycles. The highest BCUT2D eigenvalue weighted by Crippen LogP contribution is 2.31. The summed E-state index contributed by atoms with van der Waals surface area (Å²) in [5.41, 5.74) is 0.459. The molecule has 1 N–H and O–H groups in total. The first-order chi connectivity index (χ1) is 16.7. The van der Waals surface area contributed by atoms with Gasteiger partial charge in [-0.2, -0.15) is 13.2 Å². The SMILES string of the molecule is CCC=O.CN1CCCC(c2nc(Nc3cccc(F)c3)cc(-c3ccc(C(F)(F)F)nc3)n2)C1. The molecule has 1 atom stereocenters. The normalized spacial score (nSPS) is 16.2. The number of likely N-dealkylation sites (N-methyl/N-ethyl adjacent to an activating group) is 1. The number of halogens is 4. The van der Waals surface area contributed by atoms with E-state index in [0.717, 1.165) is 44.5 Å². The number of nitrogens with zero attached hydrogens (tertiary/aromatic N) is 4. The predicted octanol–water partition coefficient (Wildman–Crippen LogP) is 5.84. The number of nitrogens with one attached hydrogen (secondary N) is 1. The molecular weight excluding hydrogens is 462 g/mol. The third-order valence-corrected chi connectivity index (χ3v) is 5.35. The van der Waals surface area contributed by atoms with Crippen molar-refractivity contribution < 1.29 is 22.4 Å². The Balaban J connectivity index is 0.000000795. The van der Waals surface area contributed by atoms with Crippen LogP contribution in [0.25, 0.3) is 11.3 Å². The van der Waals surface area contributed by atoms with E-state index in [1.807, 2.05) is 14.0 Å². The number of aldehydes is 1. The summed E-state index contributed by atoms with van der Waals surface area (Å²) in [6.07, 6.45) is 0.0851. The second-order valence-electron chi connectivity index (χ2n) is 8.24. The van der Waals surface area contributed by atoms with E-state index in [1.54, 1.807) is 18.2 Å². The Labute approximate surface area is 201 Å². The number of carbonyl (C=O) groups is 1. The van der Waals surface area contributed by atoms with Gasteiger partial charge in [-0.25, -0.2) is 14.4 Å². The summed E-state index contributed by atoms with van der Waals surface area (Å²) in [5, 5.41) is 3.08. The minimum atomic E-state index is -4.51. The lowest BCUT2D eigenvalue weighted by Crippen LogP contribution is -2.31. The van der Waals surface area contributed by atoms with E-state index in [-0.39, 0.29) is 11.7 Å². The van der Waals surface area contributed by atoms with Gasteiger partial charge in [0.15, 0.2) is 0 Å². The van der Waals surface area contributed by atoms with Crippen molar-refractivity contribution in [2.24, 2.45) is 0 Å². The summed E-state index contributed by atoms with van der Waals surface area (Å²) < 4.78 is 52.2. The number of anilines is 2. The van der Waals surface area contributed by atoms with Crippen molar-refractivity contribution in [2.45, 2.75) is 38.3 Å². The zero-order valence-electron chi connectivity index (χ0n) is 19.5. The largest absolute Gasteiger partial charge is 0.433 e. The number of benzene rings is 1. The van der Waals surface area contributed by atoms with Gasteiger partial charge in [0, 0.05) is 42.4 Å². The maximum atomic E-state index is 13.6. The smallest absolute Gasteiger partial charge is 0.340 e. The molecule has 4 rings (SSSR count). The average Bonchev–Trinajstić information content (AvgIpc) is 2.83. The molecule has 0 spiro atoms. The van der Waals surface area contributed by atoms with Gasteiger partial charge in [0.1, 0.15) is 29.4 Å². The molecule has 1 aromatic carbocycles. The molecule has 10 heteroatoms. The maximum absolute atomic E-state index is 13.6.